The number of para-hydroxylation sites is 3. The Hall–Kier alpha value is -8.34. The van der Waals surface area contributed by atoms with Crippen molar-refractivity contribution >= 4 is 93.5 Å². The molecule has 290 valence electrons. The smallest absolute Gasteiger partial charge is 0.143 e. The summed E-state index contributed by atoms with van der Waals surface area (Å²) in [6.07, 6.45) is 0. The van der Waals surface area contributed by atoms with E-state index in [4.69, 9.17) is 8.83 Å². The number of rotatable bonds is 6. The molecule has 0 aliphatic rings. The molecule has 0 aliphatic heterocycles. The Kier molecular flexibility index (Phi) is 7.57. The topological polar surface area (TPSA) is 34.5 Å². The molecule has 10 aromatic carbocycles. The molecule has 0 unspecified atom stereocenters. The Balaban J connectivity index is 0.962. The average molecular weight is 793 g/mol. The maximum absolute atomic E-state index is 6.71. The fourth-order valence-electron chi connectivity index (χ4n) is 9.76. The number of benzene rings is 10. The lowest BCUT2D eigenvalue weighted by atomic mass is 9.98. The van der Waals surface area contributed by atoms with Crippen molar-refractivity contribution in [1.29, 1.82) is 0 Å². The zero-order valence-electron chi connectivity index (χ0n) is 33.5. The number of aromatic nitrogens is 1. The van der Waals surface area contributed by atoms with Crippen LogP contribution < -0.4 is 4.90 Å². The highest BCUT2D eigenvalue weighted by atomic mass is 16.3. The molecule has 0 atom stereocenters. The highest BCUT2D eigenvalue weighted by molar-refractivity contribution is 6.20. The first-order valence-corrected chi connectivity index (χ1v) is 21.1. The average Bonchev–Trinajstić information content (AvgIpc) is 4.02. The van der Waals surface area contributed by atoms with Crippen molar-refractivity contribution < 1.29 is 8.83 Å². The minimum absolute atomic E-state index is 0.855. The molecule has 3 aromatic heterocycles. The van der Waals surface area contributed by atoms with Gasteiger partial charge in [-0.05, 0) is 113 Å². The van der Waals surface area contributed by atoms with Crippen LogP contribution in [0.1, 0.15) is 0 Å². The van der Waals surface area contributed by atoms with Crippen molar-refractivity contribution in [3.05, 3.63) is 218 Å². The monoisotopic (exact) mass is 792 g/mol. The van der Waals surface area contributed by atoms with E-state index in [0.717, 1.165) is 94.1 Å². The second-order valence-corrected chi connectivity index (χ2v) is 16.0. The molecule has 0 N–H and O–H groups in total. The van der Waals surface area contributed by atoms with Crippen molar-refractivity contribution in [1.82, 2.24) is 4.57 Å². The second-order valence-electron chi connectivity index (χ2n) is 16.0. The van der Waals surface area contributed by atoms with Crippen LogP contribution in [0.25, 0.3) is 104 Å². The number of anilines is 3. The Bertz CT molecular complexity index is 3850. The molecule has 0 fully saturated rings. The molecular formula is C58H36N2O2. The van der Waals surface area contributed by atoms with Gasteiger partial charge in [-0.3, -0.25) is 0 Å². The second kappa shape index (κ2) is 13.6. The molecule has 0 aliphatic carbocycles. The van der Waals surface area contributed by atoms with Crippen LogP contribution in [0.4, 0.5) is 17.1 Å². The highest BCUT2D eigenvalue weighted by Gasteiger charge is 2.22. The molecule has 0 amide bonds. The van der Waals surface area contributed by atoms with Gasteiger partial charge in [-0.25, -0.2) is 0 Å². The molecule has 3 heterocycles. The molecule has 62 heavy (non-hydrogen) atoms. The van der Waals surface area contributed by atoms with E-state index in [1.54, 1.807) is 0 Å². The highest BCUT2D eigenvalue weighted by Crippen LogP contribution is 2.46. The number of hydrogen-bond acceptors (Lipinski definition) is 3. The number of furan rings is 2. The lowest BCUT2D eigenvalue weighted by Gasteiger charge is -2.26. The van der Waals surface area contributed by atoms with E-state index in [1.165, 1.54) is 27.4 Å². The predicted molar refractivity (Wildman–Crippen MR) is 258 cm³/mol. The van der Waals surface area contributed by atoms with Gasteiger partial charge in [0, 0.05) is 49.4 Å². The van der Waals surface area contributed by atoms with Crippen LogP contribution >= 0.6 is 0 Å². The van der Waals surface area contributed by atoms with Gasteiger partial charge in [0.05, 0.1) is 22.1 Å². The zero-order valence-corrected chi connectivity index (χ0v) is 33.5. The molecule has 4 heteroatoms. The quantitative estimate of drug-likeness (QED) is 0.168. The van der Waals surface area contributed by atoms with Crippen LogP contribution in [0.3, 0.4) is 0 Å². The van der Waals surface area contributed by atoms with Gasteiger partial charge in [-0.2, -0.15) is 0 Å². The van der Waals surface area contributed by atoms with Crippen LogP contribution in [-0.4, -0.2) is 4.57 Å². The fourth-order valence-corrected chi connectivity index (χ4v) is 9.76. The normalized spacial score (nSPS) is 11.9. The van der Waals surface area contributed by atoms with Crippen molar-refractivity contribution in [2.24, 2.45) is 0 Å². The first-order valence-electron chi connectivity index (χ1n) is 21.1. The number of fused-ring (bicyclic) bond motifs is 11. The first kappa shape index (κ1) is 34.5. The van der Waals surface area contributed by atoms with Gasteiger partial charge >= 0.3 is 0 Å². The van der Waals surface area contributed by atoms with Crippen LogP contribution in [0.2, 0.25) is 0 Å². The summed E-state index contributed by atoms with van der Waals surface area (Å²) in [4.78, 5) is 2.37. The zero-order chi connectivity index (χ0) is 40.7. The molecule has 0 spiro atoms. The summed E-state index contributed by atoms with van der Waals surface area (Å²) in [5.74, 6) is 0. The van der Waals surface area contributed by atoms with Gasteiger partial charge in [0.1, 0.15) is 22.3 Å². The fraction of sp³-hybridized carbons (Fsp3) is 0. The van der Waals surface area contributed by atoms with Gasteiger partial charge in [0.15, 0.2) is 0 Å². The van der Waals surface area contributed by atoms with Crippen LogP contribution in [0, 0.1) is 0 Å². The third kappa shape index (κ3) is 5.27. The van der Waals surface area contributed by atoms with Crippen molar-refractivity contribution in [2.45, 2.75) is 0 Å². The third-order valence-corrected chi connectivity index (χ3v) is 12.6. The summed E-state index contributed by atoms with van der Waals surface area (Å²) in [5, 5.41) is 9.17. The summed E-state index contributed by atoms with van der Waals surface area (Å²) in [6.45, 7) is 0. The SMILES string of the molecule is c1ccc(-n2c3ccccc3c3cc(-c4ccc(N(c5ccc(-c6cccc7oc8ccccc8c67)cc5)c5cccc6oc7c8ccccc8ccc7c56)cc4)ccc32)cc1. The van der Waals surface area contributed by atoms with Gasteiger partial charge in [0.2, 0.25) is 0 Å². The summed E-state index contributed by atoms with van der Waals surface area (Å²) in [7, 11) is 0. The Morgan fingerprint density at radius 2 is 0.984 bits per heavy atom. The first-order chi connectivity index (χ1) is 30.7. The lowest BCUT2D eigenvalue weighted by Crippen LogP contribution is -2.10. The molecule has 0 bridgehead atoms. The van der Waals surface area contributed by atoms with Gasteiger partial charge in [-0.15, -0.1) is 0 Å². The maximum Gasteiger partial charge on any atom is 0.143 e. The van der Waals surface area contributed by atoms with E-state index in [0.29, 0.717) is 0 Å². The lowest BCUT2D eigenvalue weighted by molar-refractivity contribution is 0.669. The Labute approximate surface area is 356 Å². The molecule has 13 rings (SSSR count). The molecular weight excluding hydrogens is 757 g/mol. The minimum Gasteiger partial charge on any atom is -0.456 e. The van der Waals surface area contributed by atoms with Crippen LogP contribution in [0.15, 0.2) is 227 Å². The Morgan fingerprint density at radius 1 is 0.355 bits per heavy atom. The summed E-state index contributed by atoms with van der Waals surface area (Å²) >= 11 is 0. The van der Waals surface area contributed by atoms with Crippen molar-refractivity contribution in [3.63, 3.8) is 0 Å². The maximum atomic E-state index is 6.71. The largest absolute Gasteiger partial charge is 0.456 e. The van der Waals surface area contributed by atoms with Gasteiger partial charge in [0.25, 0.3) is 0 Å². The summed E-state index contributed by atoms with van der Waals surface area (Å²) in [6, 6.07) is 77.9. The Morgan fingerprint density at radius 3 is 1.81 bits per heavy atom. The third-order valence-electron chi connectivity index (χ3n) is 12.6. The predicted octanol–water partition coefficient (Wildman–Crippen LogP) is 16.5. The van der Waals surface area contributed by atoms with Crippen LogP contribution in [0.5, 0.6) is 0 Å². The van der Waals surface area contributed by atoms with Crippen molar-refractivity contribution in [3.8, 4) is 27.9 Å². The standard InChI is InChI=1S/C58H36N2O2/c1-2-13-41(14-3-1)60-50-19-8-6-16-46(50)49-36-40(29-35-51(49)60)37-24-30-42(31-25-37)59(52-20-11-23-55-57(52)48-34-28-38-12-4-5-15-45(38)58(48)62-55)43-32-26-39(27-33-43)44-18-10-22-54-56(44)47-17-7-9-21-53(47)61-54/h1-36H. The van der Waals surface area contributed by atoms with E-state index in [1.807, 2.05) is 12.1 Å². The number of nitrogens with zero attached hydrogens (tertiary/aromatic N) is 2. The molecule has 0 radical (unpaired) electrons. The molecule has 4 nitrogen and oxygen atoms in total. The molecule has 0 saturated heterocycles. The summed E-state index contributed by atoms with van der Waals surface area (Å²) < 4.78 is 15.3. The van der Waals surface area contributed by atoms with Gasteiger partial charge < -0.3 is 18.3 Å². The van der Waals surface area contributed by atoms with E-state index in [2.05, 4.69) is 216 Å². The van der Waals surface area contributed by atoms with E-state index < -0.39 is 0 Å². The minimum atomic E-state index is 0.855. The molecule has 0 saturated carbocycles. The van der Waals surface area contributed by atoms with E-state index in [-0.39, 0.29) is 0 Å². The van der Waals surface area contributed by atoms with Crippen LogP contribution in [-0.2, 0) is 0 Å². The van der Waals surface area contributed by atoms with E-state index in [9.17, 15) is 0 Å². The number of hydrogen-bond donors (Lipinski definition) is 0. The van der Waals surface area contributed by atoms with Gasteiger partial charge in [-0.1, -0.05) is 133 Å². The van der Waals surface area contributed by atoms with E-state index >= 15 is 0 Å². The van der Waals surface area contributed by atoms with Crippen molar-refractivity contribution in [2.75, 3.05) is 4.90 Å². The molecule has 13 aromatic rings. The summed E-state index contributed by atoms with van der Waals surface area (Å²) in [5.41, 5.74) is 14.8.